The lowest BCUT2D eigenvalue weighted by Crippen LogP contribution is -2.38. The quantitative estimate of drug-likeness (QED) is 0.915. The summed E-state index contributed by atoms with van der Waals surface area (Å²) in [6.07, 6.45) is 4.07. The van der Waals surface area contributed by atoms with Gasteiger partial charge in [-0.1, -0.05) is 29.4 Å². The van der Waals surface area contributed by atoms with Gasteiger partial charge in [-0.05, 0) is 51.1 Å². The lowest BCUT2D eigenvalue weighted by atomic mass is 10.1. The Hall–Kier alpha value is -0.840. The van der Waals surface area contributed by atoms with Crippen LogP contribution in [0.2, 0.25) is 5.02 Å². The van der Waals surface area contributed by atoms with E-state index in [-0.39, 0.29) is 0 Å². The maximum atomic E-state index is 6.01. The lowest BCUT2D eigenvalue weighted by Gasteiger charge is -2.29. The minimum absolute atomic E-state index is 0.420. The van der Waals surface area contributed by atoms with E-state index in [9.17, 15) is 0 Å². The van der Waals surface area contributed by atoms with Crippen LogP contribution < -0.4 is 5.32 Å². The van der Waals surface area contributed by atoms with Crippen molar-refractivity contribution >= 4 is 38.3 Å². The number of thiazole rings is 1. The van der Waals surface area contributed by atoms with Crippen LogP contribution in [0.1, 0.15) is 26.2 Å². The normalized spacial score (nSPS) is 18.3. The standard InChI is InChI=1S/C15H20ClN3S/c1-11(10-19-7-3-2-4-8-19)17-15-18-13-6-5-12(16)9-14(13)20-15/h5-6,9,11H,2-4,7-8,10H2,1H3,(H,17,18). The van der Waals surface area contributed by atoms with Crippen molar-refractivity contribution in [1.29, 1.82) is 0 Å². The molecular formula is C15H20ClN3S. The van der Waals surface area contributed by atoms with Crippen LogP contribution in [0.4, 0.5) is 5.13 Å². The summed E-state index contributed by atoms with van der Waals surface area (Å²) in [6, 6.07) is 6.28. The maximum absolute atomic E-state index is 6.01. The van der Waals surface area contributed by atoms with Crippen molar-refractivity contribution in [2.45, 2.75) is 32.2 Å². The predicted octanol–water partition coefficient (Wildman–Crippen LogP) is 4.24. The molecule has 1 atom stereocenters. The van der Waals surface area contributed by atoms with E-state index in [1.54, 1.807) is 11.3 Å². The number of piperidine rings is 1. The molecule has 3 nitrogen and oxygen atoms in total. The second kappa shape index (κ2) is 6.29. The number of benzene rings is 1. The molecular weight excluding hydrogens is 290 g/mol. The second-order valence-corrected chi connectivity index (χ2v) is 7.00. The number of nitrogens with one attached hydrogen (secondary N) is 1. The molecule has 1 saturated heterocycles. The fraction of sp³-hybridized carbons (Fsp3) is 0.533. The van der Waals surface area contributed by atoms with Crippen LogP contribution in [0, 0.1) is 0 Å². The number of halogens is 1. The van der Waals surface area contributed by atoms with Gasteiger partial charge in [0.05, 0.1) is 10.2 Å². The van der Waals surface area contributed by atoms with Crippen LogP contribution in [-0.4, -0.2) is 35.6 Å². The Balaban J connectivity index is 1.63. The summed E-state index contributed by atoms with van der Waals surface area (Å²) in [5.74, 6) is 0. The Morgan fingerprint density at radius 3 is 2.95 bits per heavy atom. The van der Waals surface area contributed by atoms with Crippen molar-refractivity contribution in [3.63, 3.8) is 0 Å². The fourth-order valence-electron chi connectivity index (χ4n) is 2.75. The van der Waals surface area contributed by atoms with Crippen LogP contribution in [0.15, 0.2) is 18.2 Å². The Labute approximate surface area is 128 Å². The molecule has 0 amide bonds. The van der Waals surface area contributed by atoms with Crippen molar-refractivity contribution in [2.24, 2.45) is 0 Å². The molecule has 0 radical (unpaired) electrons. The zero-order chi connectivity index (χ0) is 13.9. The van der Waals surface area contributed by atoms with E-state index >= 15 is 0 Å². The van der Waals surface area contributed by atoms with Crippen molar-refractivity contribution in [1.82, 2.24) is 9.88 Å². The number of rotatable bonds is 4. The molecule has 0 aliphatic carbocycles. The monoisotopic (exact) mass is 309 g/mol. The van der Waals surface area contributed by atoms with Crippen LogP contribution in [0.5, 0.6) is 0 Å². The lowest BCUT2D eigenvalue weighted by molar-refractivity contribution is 0.223. The van der Waals surface area contributed by atoms with Gasteiger partial charge in [0.25, 0.3) is 0 Å². The second-order valence-electron chi connectivity index (χ2n) is 5.54. The van der Waals surface area contributed by atoms with Crippen molar-refractivity contribution in [2.75, 3.05) is 25.0 Å². The fourth-order valence-corrected chi connectivity index (χ4v) is 4.00. The van der Waals surface area contributed by atoms with E-state index in [2.05, 4.69) is 22.1 Å². The molecule has 1 aromatic heterocycles. The Morgan fingerprint density at radius 1 is 1.35 bits per heavy atom. The van der Waals surface area contributed by atoms with Crippen LogP contribution in [-0.2, 0) is 0 Å². The smallest absolute Gasteiger partial charge is 0.184 e. The molecule has 1 fully saturated rings. The predicted molar refractivity (Wildman–Crippen MR) is 88.0 cm³/mol. The Morgan fingerprint density at radius 2 is 2.15 bits per heavy atom. The first-order chi connectivity index (χ1) is 9.70. The molecule has 20 heavy (non-hydrogen) atoms. The average Bonchev–Trinajstić information content (AvgIpc) is 2.80. The topological polar surface area (TPSA) is 28.2 Å². The molecule has 0 spiro atoms. The minimum atomic E-state index is 0.420. The number of likely N-dealkylation sites (tertiary alicyclic amines) is 1. The third-order valence-corrected chi connectivity index (χ3v) is 4.89. The molecule has 1 aliphatic rings. The molecule has 1 N–H and O–H groups in total. The van der Waals surface area contributed by atoms with Crippen LogP contribution in [0.25, 0.3) is 10.2 Å². The number of nitrogens with zero attached hydrogens (tertiary/aromatic N) is 2. The number of anilines is 1. The maximum Gasteiger partial charge on any atom is 0.184 e. The van der Waals surface area contributed by atoms with Gasteiger partial charge in [0.15, 0.2) is 5.13 Å². The summed E-state index contributed by atoms with van der Waals surface area (Å²) in [5.41, 5.74) is 1.02. The van der Waals surface area contributed by atoms with E-state index in [1.807, 2.05) is 18.2 Å². The van der Waals surface area contributed by atoms with Gasteiger partial charge in [0, 0.05) is 17.6 Å². The Bertz CT molecular complexity index is 578. The molecule has 0 saturated carbocycles. The third kappa shape index (κ3) is 3.43. The summed E-state index contributed by atoms with van der Waals surface area (Å²) in [5, 5.41) is 5.29. The van der Waals surface area contributed by atoms with Gasteiger partial charge in [0.2, 0.25) is 0 Å². The summed E-state index contributed by atoms with van der Waals surface area (Å²) in [4.78, 5) is 7.16. The highest BCUT2D eigenvalue weighted by Gasteiger charge is 2.14. The zero-order valence-corrected chi connectivity index (χ0v) is 13.3. The molecule has 1 aromatic carbocycles. The first-order valence-corrected chi connectivity index (χ1v) is 8.45. The SMILES string of the molecule is CC(CN1CCCCC1)Nc1nc2ccc(Cl)cc2s1. The largest absolute Gasteiger partial charge is 0.358 e. The number of aromatic nitrogens is 1. The number of hydrogen-bond acceptors (Lipinski definition) is 4. The molecule has 2 aromatic rings. The van der Waals surface area contributed by atoms with Gasteiger partial charge in [-0.25, -0.2) is 4.98 Å². The van der Waals surface area contributed by atoms with Gasteiger partial charge in [0.1, 0.15) is 0 Å². The molecule has 2 heterocycles. The molecule has 0 bridgehead atoms. The van der Waals surface area contributed by atoms with E-state index in [1.165, 1.54) is 32.4 Å². The molecule has 5 heteroatoms. The van der Waals surface area contributed by atoms with Crippen LogP contribution >= 0.6 is 22.9 Å². The number of hydrogen-bond donors (Lipinski definition) is 1. The molecule has 3 rings (SSSR count). The van der Waals surface area contributed by atoms with E-state index in [0.29, 0.717) is 6.04 Å². The molecule has 1 aliphatic heterocycles. The van der Waals surface area contributed by atoms with Gasteiger partial charge in [-0.2, -0.15) is 0 Å². The van der Waals surface area contributed by atoms with Crippen LogP contribution in [0.3, 0.4) is 0 Å². The molecule has 1 unspecified atom stereocenters. The minimum Gasteiger partial charge on any atom is -0.358 e. The van der Waals surface area contributed by atoms with Gasteiger partial charge in [-0.15, -0.1) is 0 Å². The summed E-state index contributed by atoms with van der Waals surface area (Å²) in [7, 11) is 0. The zero-order valence-electron chi connectivity index (χ0n) is 11.7. The summed E-state index contributed by atoms with van der Waals surface area (Å²) in [6.45, 7) is 5.80. The average molecular weight is 310 g/mol. The highest BCUT2D eigenvalue weighted by atomic mass is 35.5. The van der Waals surface area contributed by atoms with E-state index in [4.69, 9.17) is 11.6 Å². The van der Waals surface area contributed by atoms with Gasteiger partial charge in [-0.3, -0.25) is 0 Å². The third-order valence-electron chi connectivity index (χ3n) is 3.70. The summed E-state index contributed by atoms with van der Waals surface area (Å²) >= 11 is 7.69. The highest BCUT2D eigenvalue weighted by Crippen LogP contribution is 2.28. The Kier molecular flexibility index (Phi) is 4.44. The highest BCUT2D eigenvalue weighted by molar-refractivity contribution is 7.22. The van der Waals surface area contributed by atoms with Crippen molar-refractivity contribution in [3.05, 3.63) is 23.2 Å². The van der Waals surface area contributed by atoms with E-state index in [0.717, 1.165) is 26.9 Å². The van der Waals surface area contributed by atoms with Gasteiger partial charge < -0.3 is 10.2 Å². The van der Waals surface area contributed by atoms with Crippen molar-refractivity contribution < 1.29 is 0 Å². The molecule has 108 valence electrons. The summed E-state index contributed by atoms with van der Waals surface area (Å²) < 4.78 is 1.14. The first kappa shape index (κ1) is 14.1. The van der Waals surface area contributed by atoms with E-state index < -0.39 is 0 Å². The van der Waals surface area contributed by atoms with Gasteiger partial charge >= 0.3 is 0 Å². The first-order valence-electron chi connectivity index (χ1n) is 7.26. The van der Waals surface area contributed by atoms with Crippen molar-refractivity contribution in [3.8, 4) is 0 Å². The number of fused-ring (bicyclic) bond motifs is 1.